The minimum absolute atomic E-state index is 0.517. The number of hydrogen-bond donors (Lipinski definition) is 1. The lowest BCUT2D eigenvalue weighted by atomic mass is 10.0. The molecule has 1 aromatic carbocycles. The molecule has 0 heterocycles. The van der Waals surface area contributed by atoms with Gasteiger partial charge in [-0.2, -0.15) is 5.26 Å². The second kappa shape index (κ2) is 4.24. The van der Waals surface area contributed by atoms with Crippen LogP contribution in [0, 0.1) is 18.3 Å². The topological polar surface area (TPSA) is 66.9 Å². The fourth-order valence-corrected chi connectivity index (χ4v) is 1.16. The van der Waals surface area contributed by atoms with Crippen LogP contribution in [0.5, 0.6) is 0 Å². The first kappa shape index (κ1) is 10.0. The van der Waals surface area contributed by atoms with Crippen molar-refractivity contribution in [2.75, 3.05) is 0 Å². The second-order valence-corrected chi connectivity index (χ2v) is 2.88. The predicted octanol–water partition coefficient (Wildman–Crippen LogP) is 1.37. The Labute approximate surface area is 82.5 Å². The molecule has 0 aliphatic rings. The zero-order valence-corrected chi connectivity index (χ0v) is 7.82. The molecule has 0 spiro atoms. The van der Waals surface area contributed by atoms with E-state index in [1.807, 2.05) is 13.0 Å². The van der Waals surface area contributed by atoms with E-state index in [0.717, 1.165) is 11.1 Å². The van der Waals surface area contributed by atoms with Crippen LogP contribution < -0.4 is 5.73 Å². The summed E-state index contributed by atoms with van der Waals surface area (Å²) in [7, 11) is 0. The van der Waals surface area contributed by atoms with Crippen molar-refractivity contribution < 1.29 is 4.79 Å². The summed E-state index contributed by atoms with van der Waals surface area (Å²) in [4.78, 5) is 10.5. The number of carbonyl (C=O) groups excluding carboxylic acids is 1. The number of nitrogens with two attached hydrogens (primary N) is 1. The van der Waals surface area contributed by atoms with E-state index in [4.69, 9.17) is 11.0 Å². The van der Waals surface area contributed by atoms with Crippen LogP contribution in [0.3, 0.4) is 0 Å². The fraction of sp³-hybridized carbons (Fsp3) is 0.0909. The number of primary amides is 1. The van der Waals surface area contributed by atoms with Gasteiger partial charge in [-0.15, -0.1) is 0 Å². The third kappa shape index (κ3) is 2.20. The minimum atomic E-state index is -0.517. The highest BCUT2D eigenvalue weighted by molar-refractivity contribution is 5.90. The van der Waals surface area contributed by atoms with E-state index in [9.17, 15) is 4.79 Å². The van der Waals surface area contributed by atoms with Crippen LogP contribution in [0.4, 0.5) is 0 Å². The van der Waals surface area contributed by atoms with E-state index >= 15 is 0 Å². The number of nitriles is 1. The molecule has 1 aromatic rings. The summed E-state index contributed by atoms with van der Waals surface area (Å²) in [5, 5.41) is 8.81. The van der Waals surface area contributed by atoms with E-state index < -0.39 is 5.91 Å². The van der Waals surface area contributed by atoms with Crippen LogP contribution in [-0.4, -0.2) is 5.91 Å². The average Bonchev–Trinajstić information content (AvgIpc) is 2.15. The molecular formula is C11H10N2O. The van der Waals surface area contributed by atoms with Gasteiger partial charge in [0.2, 0.25) is 5.91 Å². The first-order chi connectivity index (χ1) is 6.65. The van der Waals surface area contributed by atoms with Crippen molar-refractivity contribution in [2.24, 2.45) is 5.73 Å². The maximum absolute atomic E-state index is 10.5. The van der Waals surface area contributed by atoms with Crippen molar-refractivity contribution >= 4 is 12.0 Å². The highest BCUT2D eigenvalue weighted by Crippen LogP contribution is 2.14. The van der Waals surface area contributed by atoms with Crippen molar-refractivity contribution in [3.8, 4) is 6.07 Å². The summed E-state index contributed by atoms with van der Waals surface area (Å²) in [6.07, 6.45) is 2.82. The zero-order valence-electron chi connectivity index (χ0n) is 7.82. The number of rotatable bonds is 2. The Balaban J connectivity index is 3.19. The molecule has 0 radical (unpaired) electrons. The van der Waals surface area contributed by atoms with E-state index in [0.29, 0.717) is 5.56 Å². The van der Waals surface area contributed by atoms with Gasteiger partial charge in [0.05, 0.1) is 11.6 Å². The summed E-state index contributed by atoms with van der Waals surface area (Å²) < 4.78 is 0. The lowest BCUT2D eigenvalue weighted by molar-refractivity contribution is -0.113. The van der Waals surface area contributed by atoms with Crippen molar-refractivity contribution in [3.05, 3.63) is 41.0 Å². The average molecular weight is 186 g/mol. The lowest BCUT2D eigenvalue weighted by Gasteiger charge is -2.01. The standard InChI is InChI=1S/C11H10N2O/c1-8-3-2-4-9(7-12)10(8)5-6-11(13)14/h2-6H,1H3,(H2,13,14). The molecule has 3 heteroatoms. The van der Waals surface area contributed by atoms with Crippen molar-refractivity contribution in [1.82, 2.24) is 0 Å². The van der Waals surface area contributed by atoms with E-state index in [-0.39, 0.29) is 0 Å². The van der Waals surface area contributed by atoms with Crippen molar-refractivity contribution in [3.63, 3.8) is 0 Å². The van der Waals surface area contributed by atoms with Crippen LogP contribution >= 0.6 is 0 Å². The molecule has 2 N–H and O–H groups in total. The molecule has 14 heavy (non-hydrogen) atoms. The molecular weight excluding hydrogens is 176 g/mol. The summed E-state index contributed by atoms with van der Waals surface area (Å²) in [6, 6.07) is 7.44. The zero-order chi connectivity index (χ0) is 10.6. The SMILES string of the molecule is Cc1cccc(C#N)c1C=CC(N)=O. The maximum Gasteiger partial charge on any atom is 0.241 e. The Morgan fingerprint density at radius 1 is 1.57 bits per heavy atom. The molecule has 0 aromatic heterocycles. The van der Waals surface area contributed by atoms with Gasteiger partial charge in [-0.25, -0.2) is 0 Å². The van der Waals surface area contributed by atoms with Crippen molar-refractivity contribution in [2.45, 2.75) is 6.92 Å². The summed E-state index contributed by atoms with van der Waals surface area (Å²) in [6.45, 7) is 1.88. The Kier molecular flexibility index (Phi) is 3.03. The molecule has 0 unspecified atom stereocenters. The van der Waals surface area contributed by atoms with Gasteiger partial charge in [0.15, 0.2) is 0 Å². The third-order valence-corrected chi connectivity index (χ3v) is 1.86. The molecule has 70 valence electrons. The molecule has 1 rings (SSSR count). The van der Waals surface area contributed by atoms with Gasteiger partial charge in [-0.05, 0) is 30.2 Å². The molecule has 0 saturated heterocycles. The Morgan fingerprint density at radius 2 is 2.29 bits per heavy atom. The monoisotopic (exact) mass is 186 g/mol. The lowest BCUT2D eigenvalue weighted by Crippen LogP contribution is -2.05. The van der Waals surface area contributed by atoms with Crippen LogP contribution in [-0.2, 0) is 4.79 Å². The predicted molar refractivity (Wildman–Crippen MR) is 54.1 cm³/mol. The smallest absolute Gasteiger partial charge is 0.241 e. The first-order valence-corrected chi connectivity index (χ1v) is 4.12. The molecule has 1 amide bonds. The Bertz CT molecular complexity index is 427. The highest BCUT2D eigenvalue weighted by atomic mass is 16.1. The molecule has 3 nitrogen and oxygen atoms in total. The first-order valence-electron chi connectivity index (χ1n) is 4.12. The number of carbonyl (C=O) groups is 1. The summed E-state index contributed by atoms with van der Waals surface area (Å²) in [5.41, 5.74) is 7.21. The number of hydrogen-bond acceptors (Lipinski definition) is 2. The second-order valence-electron chi connectivity index (χ2n) is 2.88. The Morgan fingerprint density at radius 3 is 2.86 bits per heavy atom. The quantitative estimate of drug-likeness (QED) is 0.708. The maximum atomic E-state index is 10.5. The van der Waals surface area contributed by atoms with E-state index in [1.165, 1.54) is 6.08 Å². The largest absolute Gasteiger partial charge is 0.366 e. The normalized spacial score (nSPS) is 10.0. The van der Waals surface area contributed by atoms with Gasteiger partial charge in [-0.1, -0.05) is 12.1 Å². The van der Waals surface area contributed by atoms with Gasteiger partial charge in [-0.3, -0.25) is 4.79 Å². The van der Waals surface area contributed by atoms with Crippen LogP contribution in [0.15, 0.2) is 24.3 Å². The van der Waals surface area contributed by atoms with E-state index in [2.05, 4.69) is 6.07 Å². The number of nitrogens with zero attached hydrogens (tertiary/aromatic N) is 1. The number of aryl methyl sites for hydroxylation is 1. The molecule has 0 atom stereocenters. The molecule has 0 fully saturated rings. The van der Waals surface area contributed by atoms with Crippen LogP contribution in [0.25, 0.3) is 6.08 Å². The minimum Gasteiger partial charge on any atom is -0.366 e. The fourth-order valence-electron chi connectivity index (χ4n) is 1.16. The van der Waals surface area contributed by atoms with Crippen LogP contribution in [0.2, 0.25) is 0 Å². The van der Waals surface area contributed by atoms with Crippen LogP contribution in [0.1, 0.15) is 16.7 Å². The van der Waals surface area contributed by atoms with Gasteiger partial charge in [0.25, 0.3) is 0 Å². The number of benzene rings is 1. The van der Waals surface area contributed by atoms with Crippen molar-refractivity contribution in [1.29, 1.82) is 5.26 Å². The number of amides is 1. The van der Waals surface area contributed by atoms with Gasteiger partial charge < -0.3 is 5.73 Å². The summed E-state index contributed by atoms with van der Waals surface area (Å²) >= 11 is 0. The molecule has 0 saturated carbocycles. The molecule has 0 bridgehead atoms. The Hall–Kier alpha value is -2.08. The molecule has 0 aliphatic carbocycles. The third-order valence-electron chi connectivity index (χ3n) is 1.86. The molecule has 0 aliphatic heterocycles. The van der Waals surface area contributed by atoms with Gasteiger partial charge >= 0.3 is 0 Å². The summed E-state index contributed by atoms with van der Waals surface area (Å²) in [5.74, 6) is -0.517. The van der Waals surface area contributed by atoms with Gasteiger partial charge in [0, 0.05) is 6.08 Å². The van der Waals surface area contributed by atoms with Gasteiger partial charge in [0.1, 0.15) is 0 Å². The van der Waals surface area contributed by atoms with E-state index in [1.54, 1.807) is 18.2 Å². The highest BCUT2D eigenvalue weighted by Gasteiger charge is 2.00.